The maximum atomic E-state index is 10.6. The maximum Gasteiger partial charge on any atom is 0.151 e. The minimum Gasteiger partial charge on any atom is -0.385 e. The molecule has 0 saturated carbocycles. The third-order valence-corrected chi connectivity index (χ3v) is 2.62. The van der Waals surface area contributed by atoms with Gasteiger partial charge in [0.2, 0.25) is 0 Å². The van der Waals surface area contributed by atoms with Crippen molar-refractivity contribution in [3.8, 4) is 0 Å². The van der Waals surface area contributed by atoms with E-state index in [4.69, 9.17) is 11.6 Å². The van der Waals surface area contributed by atoms with Crippen LogP contribution in [0.2, 0.25) is 5.02 Å². The van der Waals surface area contributed by atoms with Crippen molar-refractivity contribution in [3.63, 3.8) is 0 Å². The second-order valence-corrected chi connectivity index (χ2v) is 3.59. The van der Waals surface area contributed by atoms with Crippen LogP contribution in [0, 0.1) is 0 Å². The van der Waals surface area contributed by atoms with Gasteiger partial charge in [-0.1, -0.05) is 11.6 Å². The van der Waals surface area contributed by atoms with Gasteiger partial charge in [0, 0.05) is 17.8 Å². The van der Waals surface area contributed by atoms with Gasteiger partial charge in [-0.3, -0.25) is 4.79 Å². The molecule has 1 aliphatic heterocycles. The number of rotatable bonds is 1. The van der Waals surface area contributed by atoms with Gasteiger partial charge in [-0.15, -0.1) is 0 Å². The molecule has 0 atom stereocenters. The summed E-state index contributed by atoms with van der Waals surface area (Å²) in [5, 5.41) is 3.79. The predicted octanol–water partition coefficient (Wildman–Crippen LogP) is 2.51. The summed E-state index contributed by atoms with van der Waals surface area (Å²) >= 11 is 5.89. The van der Waals surface area contributed by atoms with Crippen molar-refractivity contribution < 1.29 is 4.79 Å². The fraction of sp³-hybridized carbons (Fsp3) is 0.300. The van der Waals surface area contributed by atoms with Gasteiger partial charge < -0.3 is 5.32 Å². The van der Waals surface area contributed by atoms with Crippen molar-refractivity contribution in [2.24, 2.45) is 0 Å². The molecule has 13 heavy (non-hydrogen) atoms. The van der Waals surface area contributed by atoms with Crippen molar-refractivity contribution in [2.75, 3.05) is 11.9 Å². The Hall–Kier alpha value is -1.02. The minimum atomic E-state index is 0.531. The van der Waals surface area contributed by atoms with Gasteiger partial charge in [0.25, 0.3) is 0 Å². The second kappa shape index (κ2) is 3.38. The van der Waals surface area contributed by atoms with E-state index in [0.29, 0.717) is 10.6 Å². The molecular weight excluding hydrogens is 186 g/mol. The average Bonchev–Trinajstić information content (AvgIpc) is 2.17. The van der Waals surface area contributed by atoms with Crippen LogP contribution < -0.4 is 5.32 Å². The van der Waals surface area contributed by atoms with Crippen molar-refractivity contribution in [1.29, 1.82) is 0 Å². The highest BCUT2D eigenvalue weighted by Gasteiger charge is 2.11. The van der Waals surface area contributed by atoms with E-state index >= 15 is 0 Å². The van der Waals surface area contributed by atoms with E-state index in [2.05, 4.69) is 5.32 Å². The quantitative estimate of drug-likeness (QED) is 0.698. The summed E-state index contributed by atoms with van der Waals surface area (Å²) in [7, 11) is 0. The van der Waals surface area contributed by atoms with Crippen LogP contribution in [-0.4, -0.2) is 12.8 Å². The predicted molar refractivity (Wildman–Crippen MR) is 53.7 cm³/mol. The molecule has 0 fully saturated rings. The summed E-state index contributed by atoms with van der Waals surface area (Å²) in [5.41, 5.74) is 2.85. The maximum absolute atomic E-state index is 10.6. The largest absolute Gasteiger partial charge is 0.385 e. The Bertz CT molecular complexity index is 349. The fourth-order valence-corrected chi connectivity index (χ4v) is 1.81. The van der Waals surface area contributed by atoms with Gasteiger partial charge >= 0.3 is 0 Å². The average molecular weight is 196 g/mol. The molecular formula is C10H10ClNO. The van der Waals surface area contributed by atoms with E-state index in [1.807, 2.05) is 12.1 Å². The number of carbonyl (C=O) groups excluding carboxylic acids is 1. The summed E-state index contributed by atoms with van der Waals surface area (Å²) in [6, 6.07) is 3.70. The van der Waals surface area contributed by atoms with Crippen LogP contribution in [0.3, 0.4) is 0 Å². The SMILES string of the molecule is O=Cc1cc2c(cc1Cl)NCCC2. The Morgan fingerprint density at radius 2 is 2.31 bits per heavy atom. The van der Waals surface area contributed by atoms with E-state index in [9.17, 15) is 4.79 Å². The Morgan fingerprint density at radius 3 is 3.08 bits per heavy atom. The molecule has 3 heteroatoms. The lowest BCUT2D eigenvalue weighted by atomic mass is 10.0. The molecule has 2 rings (SSSR count). The van der Waals surface area contributed by atoms with Crippen molar-refractivity contribution in [1.82, 2.24) is 0 Å². The first kappa shape index (κ1) is 8.57. The zero-order valence-corrected chi connectivity index (χ0v) is 7.90. The molecule has 0 radical (unpaired) electrons. The van der Waals surface area contributed by atoms with Crippen LogP contribution >= 0.6 is 11.6 Å². The highest BCUT2D eigenvalue weighted by atomic mass is 35.5. The Kier molecular flexibility index (Phi) is 2.23. The van der Waals surface area contributed by atoms with Gasteiger partial charge in [0.05, 0.1) is 5.02 Å². The number of anilines is 1. The molecule has 2 nitrogen and oxygen atoms in total. The first-order valence-corrected chi connectivity index (χ1v) is 4.70. The molecule has 0 bridgehead atoms. The van der Waals surface area contributed by atoms with E-state index in [1.54, 1.807) is 0 Å². The summed E-state index contributed by atoms with van der Waals surface area (Å²) < 4.78 is 0. The van der Waals surface area contributed by atoms with Gasteiger partial charge in [-0.25, -0.2) is 0 Å². The third-order valence-electron chi connectivity index (χ3n) is 2.29. The molecule has 0 aromatic heterocycles. The number of fused-ring (bicyclic) bond motifs is 1. The van der Waals surface area contributed by atoms with Gasteiger partial charge in [0.1, 0.15) is 0 Å². The van der Waals surface area contributed by atoms with Gasteiger partial charge in [0.15, 0.2) is 6.29 Å². The Morgan fingerprint density at radius 1 is 1.46 bits per heavy atom. The topological polar surface area (TPSA) is 29.1 Å². The smallest absolute Gasteiger partial charge is 0.151 e. The zero-order chi connectivity index (χ0) is 9.26. The summed E-state index contributed by atoms with van der Waals surface area (Å²) in [6.45, 7) is 0.990. The van der Waals surface area contributed by atoms with Crippen LogP contribution in [0.4, 0.5) is 5.69 Å². The number of hydrogen-bond acceptors (Lipinski definition) is 2. The van der Waals surface area contributed by atoms with Crippen LogP contribution in [0.5, 0.6) is 0 Å². The van der Waals surface area contributed by atoms with Crippen LogP contribution in [-0.2, 0) is 6.42 Å². The summed E-state index contributed by atoms with van der Waals surface area (Å²) in [6.07, 6.45) is 2.95. The number of benzene rings is 1. The lowest BCUT2D eigenvalue weighted by Crippen LogP contribution is -2.11. The summed E-state index contributed by atoms with van der Waals surface area (Å²) in [5.74, 6) is 0. The van der Waals surface area contributed by atoms with E-state index in [0.717, 1.165) is 31.4 Å². The molecule has 0 saturated heterocycles. The van der Waals surface area contributed by atoms with Crippen LogP contribution in [0.1, 0.15) is 22.3 Å². The lowest BCUT2D eigenvalue weighted by molar-refractivity contribution is 0.112. The molecule has 68 valence electrons. The molecule has 1 N–H and O–H groups in total. The molecule has 1 aliphatic rings. The van der Waals surface area contributed by atoms with Crippen molar-refractivity contribution in [3.05, 3.63) is 28.3 Å². The molecule has 0 unspecified atom stereocenters. The lowest BCUT2D eigenvalue weighted by Gasteiger charge is -2.18. The highest BCUT2D eigenvalue weighted by Crippen LogP contribution is 2.27. The van der Waals surface area contributed by atoms with E-state index in [-0.39, 0.29) is 0 Å². The van der Waals surface area contributed by atoms with Crippen LogP contribution in [0.15, 0.2) is 12.1 Å². The number of carbonyl (C=O) groups is 1. The zero-order valence-electron chi connectivity index (χ0n) is 7.14. The Labute approximate surface area is 81.9 Å². The fourth-order valence-electron chi connectivity index (χ4n) is 1.60. The van der Waals surface area contributed by atoms with E-state index in [1.165, 1.54) is 5.56 Å². The Balaban J connectivity index is 2.50. The third kappa shape index (κ3) is 1.54. The number of aryl methyl sites for hydroxylation is 1. The van der Waals surface area contributed by atoms with Gasteiger partial charge in [-0.2, -0.15) is 0 Å². The normalized spacial score (nSPS) is 14.5. The standard InChI is InChI=1S/C10H10ClNO/c11-9-5-10-7(2-1-3-12-10)4-8(9)6-13/h4-6,12H,1-3H2. The molecule has 0 amide bonds. The van der Waals surface area contributed by atoms with Crippen molar-refractivity contribution in [2.45, 2.75) is 12.8 Å². The van der Waals surface area contributed by atoms with E-state index < -0.39 is 0 Å². The van der Waals surface area contributed by atoms with Crippen LogP contribution in [0.25, 0.3) is 0 Å². The number of hydrogen-bond donors (Lipinski definition) is 1. The van der Waals surface area contributed by atoms with Crippen molar-refractivity contribution >= 4 is 23.6 Å². The molecule has 1 heterocycles. The summed E-state index contributed by atoms with van der Waals surface area (Å²) in [4.78, 5) is 10.6. The number of aldehydes is 1. The molecule has 1 aromatic rings. The number of nitrogens with one attached hydrogen (secondary N) is 1. The molecule has 0 aliphatic carbocycles. The first-order chi connectivity index (χ1) is 6.31. The second-order valence-electron chi connectivity index (χ2n) is 3.18. The van der Waals surface area contributed by atoms with Gasteiger partial charge in [-0.05, 0) is 30.5 Å². The first-order valence-electron chi connectivity index (χ1n) is 4.33. The molecule has 1 aromatic carbocycles. The molecule has 0 spiro atoms. The minimum absolute atomic E-state index is 0.531. The monoisotopic (exact) mass is 195 g/mol. The number of halogens is 1. The highest BCUT2D eigenvalue weighted by molar-refractivity contribution is 6.33.